The van der Waals surface area contributed by atoms with E-state index in [2.05, 4.69) is 41.8 Å². The Labute approximate surface area is 137 Å². The average molecular weight is 314 g/mol. The van der Waals surface area contributed by atoms with Gasteiger partial charge in [0.1, 0.15) is 5.75 Å². The first-order chi connectivity index (χ1) is 10.7. The minimum Gasteiger partial charge on any atom is -0.495 e. The van der Waals surface area contributed by atoms with Crippen LogP contribution in [0.15, 0.2) is 48.5 Å². The van der Waals surface area contributed by atoms with Crippen molar-refractivity contribution in [1.29, 1.82) is 0 Å². The summed E-state index contributed by atoms with van der Waals surface area (Å²) in [5, 5.41) is 6.99. The highest BCUT2D eigenvalue weighted by Gasteiger charge is 2.03. The summed E-state index contributed by atoms with van der Waals surface area (Å²) in [6.45, 7) is 2.96. The maximum Gasteiger partial charge on any atom is 0.170 e. The highest BCUT2D eigenvalue weighted by atomic mass is 32.1. The van der Waals surface area contributed by atoms with Gasteiger partial charge >= 0.3 is 0 Å². The number of rotatable bonds is 6. The third kappa shape index (κ3) is 4.74. The number of methoxy groups -OCH3 is 1. The molecule has 0 amide bonds. The molecule has 0 fully saturated rings. The van der Waals surface area contributed by atoms with Crippen LogP contribution in [0, 0.1) is 0 Å². The molecule has 0 aliphatic heterocycles. The summed E-state index contributed by atoms with van der Waals surface area (Å²) in [4.78, 5) is 0. The molecule has 0 saturated carbocycles. The quantitative estimate of drug-likeness (QED) is 0.795. The standard InChI is InChI=1S/C18H22N2OS/c1-3-14-8-10-15(11-9-14)12-13-19-18(22)20-16-6-4-5-7-17(16)21-2/h4-11H,3,12-13H2,1-2H3,(H2,19,20,22). The van der Waals surface area contributed by atoms with Crippen molar-refractivity contribution >= 4 is 23.0 Å². The molecule has 2 N–H and O–H groups in total. The molecule has 2 aromatic carbocycles. The van der Waals surface area contributed by atoms with Gasteiger partial charge in [-0.3, -0.25) is 0 Å². The summed E-state index contributed by atoms with van der Waals surface area (Å²) in [5.41, 5.74) is 3.55. The maximum absolute atomic E-state index is 5.32. The van der Waals surface area contributed by atoms with Crippen LogP contribution in [0.25, 0.3) is 0 Å². The lowest BCUT2D eigenvalue weighted by Gasteiger charge is -2.13. The molecule has 2 aromatic rings. The predicted molar refractivity (Wildman–Crippen MR) is 96.7 cm³/mol. The van der Waals surface area contributed by atoms with Gasteiger partial charge in [-0.2, -0.15) is 0 Å². The smallest absolute Gasteiger partial charge is 0.170 e. The van der Waals surface area contributed by atoms with Crippen LogP contribution in [0.3, 0.4) is 0 Å². The van der Waals surface area contributed by atoms with Crippen molar-refractivity contribution in [2.75, 3.05) is 19.0 Å². The third-order valence-electron chi connectivity index (χ3n) is 3.49. The topological polar surface area (TPSA) is 33.3 Å². The Morgan fingerprint density at radius 2 is 1.73 bits per heavy atom. The molecule has 4 heteroatoms. The van der Waals surface area contributed by atoms with Crippen molar-refractivity contribution in [1.82, 2.24) is 5.32 Å². The van der Waals surface area contributed by atoms with E-state index >= 15 is 0 Å². The van der Waals surface area contributed by atoms with Crippen molar-refractivity contribution in [2.24, 2.45) is 0 Å². The molecule has 0 atom stereocenters. The second-order valence-corrected chi connectivity index (χ2v) is 5.41. The van der Waals surface area contributed by atoms with E-state index < -0.39 is 0 Å². The molecule has 0 saturated heterocycles. The lowest BCUT2D eigenvalue weighted by Crippen LogP contribution is -2.30. The van der Waals surface area contributed by atoms with Gasteiger partial charge in [0.2, 0.25) is 0 Å². The number of anilines is 1. The van der Waals surface area contributed by atoms with Crippen LogP contribution >= 0.6 is 12.2 Å². The summed E-state index contributed by atoms with van der Waals surface area (Å²) in [6.07, 6.45) is 2.02. The lowest BCUT2D eigenvalue weighted by molar-refractivity contribution is 0.417. The normalized spacial score (nSPS) is 10.1. The Balaban J connectivity index is 1.80. The number of hydrogen-bond acceptors (Lipinski definition) is 2. The summed E-state index contributed by atoms with van der Waals surface area (Å²) in [6, 6.07) is 16.4. The van der Waals surface area contributed by atoms with Crippen LogP contribution < -0.4 is 15.4 Å². The summed E-state index contributed by atoms with van der Waals surface area (Å²) >= 11 is 5.32. The van der Waals surface area contributed by atoms with E-state index in [4.69, 9.17) is 17.0 Å². The Hall–Kier alpha value is -2.07. The zero-order chi connectivity index (χ0) is 15.8. The number of para-hydroxylation sites is 2. The molecule has 22 heavy (non-hydrogen) atoms. The molecule has 0 aliphatic rings. The summed E-state index contributed by atoms with van der Waals surface area (Å²) in [7, 11) is 1.65. The molecule has 116 valence electrons. The average Bonchev–Trinajstić information content (AvgIpc) is 2.56. The van der Waals surface area contributed by atoms with Gasteiger partial charge in [-0.1, -0.05) is 43.3 Å². The Morgan fingerprint density at radius 3 is 2.41 bits per heavy atom. The molecular weight excluding hydrogens is 292 g/mol. The molecule has 0 aliphatic carbocycles. The van der Waals surface area contributed by atoms with Gasteiger partial charge in [0.25, 0.3) is 0 Å². The summed E-state index contributed by atoms with van der Waals surface area (Å²) < 4.78 is 5.29. The minimum absolute atomic E-state index is 0.606. The van der Waals surface area contributed by atoms with Crippen molar-refractivity contribution in [3.05, 3.63) is 59.7 Å². The zero-order valence-electron chi connectivity index (χ0n) is 13.1. The van der Waals surface area contributed by atoms with Gasteiger partial charge in [0.15, 0.2) is 5.11 Å². The van der Waals surface area contributed by atoms with Crippen LogP contribution in [0.1, 0.15) is 18.1 Å². The molecule has 0 aromatic heterocycles. The first-order valence-electron chi connectivity index (χ1n) is 7.48. The van der Waals surface area contributed by atoms with E-state index in [9.17, 15) is 0 Å². The first-order valence-corrected chi connectivity index (χ1v) is 7.89. The number of ether oxygens (including phenoxy) is 1. The molecule has 0 heterocycles. The van der Waals surface area contributed by atoms with Gasteiger partial charge in [0, 0.05) is 6.54 Å². The van der Waals surface area contributed by atoms with E-state index in [0.29, 0.717) is 5.11 Å². The van der Waals surface area contributed by atoms with Crippen molar-refractivity contribution in [3.8, 4) is 5.75 Å². The van der Waals surface area contributed by atoms with Gasteiger partial charge in [0.05, 0.1) is 12.8 Å². The molecule has 0 unspecified atom stereocenters. The first kappa shape index (κ1) is 16.3. The third-order valence-corrected chi connectivity index (χ3v) is 3.73. The number of thiocarbonyl (C=S) groups is 1. The number of benzene rings is 2. The number of nitrogens with one attached hydrogen (secondary N) is 2. The van der Waals surface area contributed by atoms with E-state index in [0.717, 1.165) is 30.8 Å². The molecule has 2 rings (SSSR count). The SMILES string of the molecule is CCc1ccc(CCNC(=S)Nc2ccccc2OC)cc1. The van der Waals surface area contributed by atoms with Crippen LogP contribution in [-0.2, 0) is 12.8 Å². The Morgan fingerprint density at radius 1 is 1.05 bits per heavy atom. The fourth-order valence-corrected chi connectivity index (χ4v) is 2.39. The Kier molecular flexibility index (Phi) is 6.22. The van der Waals surface area contributed by atoms with E-state index in [1.54, 1.807) is 7.11 Å². The van der Waals surface area contributed by atoms with Crippen molar-refractivity contribution < 1.29 is 4.74 Å². The molecule has 0 spiro atoms. The van der Waals surface area contributed by atoms with Crippen LogP contribution in [0.5, 0.6) is 5.75 Å². The van der Waals surface area contributed by atoms with E-state index in [1.807, 2.05) is 24.3 Å². The van der Waals surface area contributed by atoms with Crippen LogP contribution in [-0.4, -0.2) is 18.8 Å². The molecule has 3 nitrogen and oxygen atoms in total. The molecule has 0 radical (unpaired) electrons. The van der Waals surface area contributed by atoms with Crippen LogP contribution in [0.2, 0.25) is 0 Å². The fourth-order valence-electron chi connectivity index (χ4n) is 2.18. The summed E-state index contributed by atoms with van der Waals surface area (Å²) in [5.74, 6) is 0.779. The van der Waals surface area contributed by atoms with Gasteiger partial charge in [-0.05, 0) is 48.3 Å². The minimum atomic E-state index is 0.606. The van der Waals surface area contributed by atoms with E-state index in [1.165, 1.54) is 11.1 Å². The van der Waals surface area contributed by atoms with Gasteiger partial charge in [-0.25, -0.2) is 0 Å². The highest BCUT2D eigenvalue weighted by Crippen LogP contribution is 2.22. The number of aryl methyl sites for hydroxylation is 1. The van der Waals surface area contributed by atoms with Crippen molar-refractivity contribution in [2.45, 2.75) is 19.8 Å². The van der Waals surface area contributed by atoms with Gasteiger partial charge < -0.3 is 15.4 Å². The van der Waals surface area contributed by atoms with Gasteiger partial charge in [-0.15, -0.1) is 0 Å². The lowest BCUT2D eigenvalue weighted by atomic mass is 10.1. The second kappa shape index (κ2) is 8.39. The van der Waals surface area contributed by atoms with Crippen LogP contribution in [0.4, 0.5) is 5.69 Å². The molecule has 0 bridgehead atoms. The monoisotopic (exact) mass is 314 g/mol. The fraction of sp³-hybridized carbons (Fsp3) is 0.278. The predicted octanol–water partition coefficient (Wildman–Crippen LogP) is 3.79. The number of hydrogen-bond donors (Lipinski definition) is 2. The van der Waals surface area contributed by atoms with Crippen molar-refractivity contribution in [3.63, 3.8) is 0 Å². The maximum atomic E-state index is 5.32. The molecular formula is C18H22N2OS. The second-order valence-electron chi connectivity index (χ2n) is 5.00. The van der Waals surface area contributed by atoms with E-state index in [-0.39, 0.29) is 0 Å². The Bertz CT molecular complexity index is 611. The highest BCUT2D eigenvalue weighted by molar-refractivity contribution is 7.80. The zero-order valence-corrected chi connectivity index (χ0v) is 13.9. The largest absolute Gasteiger partial charge is 0.495 e.